The van der Waals surface area contributed by atoms with Crippen LogP contribution in [0.15, 0.2) is 12.1 Å². The van der Waals surface area contributed by atoms with Gasteiger partial charge in [-0.15, -0.1) is 0 Å². The molecule has 1 saturated heterocycles. The van der Waals surface area contributed by atoms with Crippen molar-refractivity contribution < 1.29 is 0 Å². The maximum atomic E-state index is 6.17. The van der Waals surface area contributed by atoms with E-state index in [9.17, 15) is 0 Å². The highest BCUT2D eigenvalue weighted by Gasteiger charge is 2.35. The molecule has 0 aromatic carbocycles. The molecule has 2 rings (SSSR count). The van der Waals surface area contributed by atoms with Crippen LogP contribution < -0.4 is 5.73 Å². The molecular weight excluding hydrogens is 200 g/mol. The summed E-state index contributed by atoms with van der Waals surface area (Å²) in [7, 11) is 0. The molecule has 4 heteroatoms. The number of aryl methyl sites for hydroxylation is 1. The van der Waals surface area contributed by atoms with Crippen molar-refractivity contribution in [1.82, 2.24) is 15.1 Å². The summed E-state index contributed by atoms with van der Waals surface area (Å²) < 4.78 is 0. The minimum Gasteiger partial charge on any atom is -0.326 e. The summed E-state index contributed by atoms with van der Waals surface area (Å²) >= 11 is 0. The first-order valence-electron chi connectivity index (χ1n) is 5.91. The van der Waals surface area contributed by atoms with E-state index < -0.39 is 0 Å². The quantitative estimate of drug-likeness (QED) is 0.815. The molecule has 0 spiro atoms. The monoisotopic (exact) mass is 220 g/mol. The van der Waals surface area contributed by atoms with Gasteiger partial charge in [0.2, 0.25) is 0 Å². The summed E-state index contributed by atoms with van der Waals surface area (Å²) in [6, 6.07) is 4.97. The third kappa shape index (κ3) is 2.08. The zero-order valence-electron chi connectivity index (χ0n) is 10.2. The van der Waals surface area contributed by atoms with E-state index >= 15 is 0 Å². The molecule has 0 saturated carbocycles. The van der Waals surface area contributed by atoms with Crippen molar-refractivity contribution in [2.45, 2.75) is 45.3 Å². The van der Waals surface area contributed by atoms with E-state index in [1.165, 1.54) is 0 Å². The number of hydrogen-bond acceptors (Lipinski definition) is 4. The van der Waals surface area contributed by atoms with Gasteiger partial charge in [0.1, 0.15) is 0 Å². The van der Waals surface area contributed by atoms with Crippen LogP contribution >= 0.6 is 0 Å². The Labute approximate surface area is 96.9 Å². The molecule has 0 unspecified atom stereocenters. The van der Waals surface area contributed by atoms with E-state index in [4.69, 9.17) is 5.73 Å². The van der Waals surface area contributed by atoms with E-state index in [1.54, 1.807) is 0 Å². The molecule has 1 aromatic heterocycles. The van der Waals surface area contributed by atoms with Gasteiger partial charge in [0.25, 0.3) is 0 Å². The van der Waals surface area contributed by atoms with Crippen LogP contribution in [-0.2, 0) is 0 Å². The largest absolute Gasteiger partial charge is 0.326 e. The van der Waals surface area contributed by atoms with Crippen molar-refractivity contribution in [3.63, 3.8) is 0 Å². The zero-order valence-corrected chi connectivity index (χ0v) is 10.2. The van der Waals surface area contributed by atoms with E-state index in [2.05, 4.69) is 28.9 Å². The van der Waals surface area contributed by atoms with Crippen LogP contribution in [0, 0.1) is 6.92 Å². The number of likely N-dealkylation sites (tertiary alicyclic amines) is 1. The molecule has 16 heavy (non-hydrogen) atoms. The Kier molecular flexibility index (Phi) is 3.21. The molecule has 0 bridgehead atoms. The number of nitrogens with zero attached hydrogens (tertiary/aromatic N) is 3. The molecular formula is C12H20N4. The van der Waals surface area contributed by atoms with Gasteiger partial charge in [-0.05, 0) is 39.3 Å². The molecule has 0 amide bonds. The average Bonchev–Trinajstić information content (AvgIpc) is 2.62. The van der Waals surface area contributed by atoms with Crippen molar-refractivity contribution in [3.8, 4) is 0 Å². The Morgan fingerprint density at radius 1 is 1.38 bits per heavy atom. The average molecular weight is 220 g/mol. The lowest BCUT2D eigenvalue weighted by atomic mass is 10.1. The third-order valence-corrected chi connectivity index (χ3v) is 3.27. The maximum Gasteiger partial charge on any atom is 0.0818 e. The number of aromatic nitrogens is 2. The second-order valence-electron chi connectivity index (χ2n) is 4.83. The molecule has 2 heterocycles. The van der Waals surface area contributed by atoms with Gasteiger partial charge < -0.3 is 5.73 Å². The Hall–Kier alpha value is -1.00. The summed E-state index contributed by atoms with van der Waals surface area (Å²) in [5, 5.41) is 8.39. The summed E-state index contributed by atoms with van der Waals surface area (Å²) in [5.41, 5.74) is 8.12. The van der Waals surface area contributed by atoms with Crippen LogP contribution in [0.25, 0.3) is 0 Å². The number of nitrogens with two attached hydrogens (primary N) is 1. The second-order valence-corrected chi connectivity index (χ2v) is 4.83. The van der Waals surface area contributed by atoms with Crippen LogP contribution in [0.3, 0.4) is 0 Å². The van der Waals surface area contributed by atoms with Crippen molar-refractivity contribution in [2.75, 3.05) is 6.54 Å². The molecule has 1 fully saturated rings. The van der Waals surface area contributed by atoms with Crippen molar-refractivity contribution in [1.29, 1.82) is 0 Å². The van der Waals surface area contributed by atoms with E-state index in [0.717, 1.165) is 24.4 Å². The number of rotatable bonds is 2. The normalized spacial score (nSPS) is 26.6. The SMILES string of the molecule is Cc1ccc([C@H]2[C@H](N)CCN2C(C)C)nn1. The Balaban J connectivity index is 2.26. The first-order valence-corrected chi connectivity index (χ1v) is 5.91. The lowest BCUT2D eigenvalue weighted by Crippen LogP contribution is -2.36. The number of hydrogen-bond donors (Lipinski definition) is 1. The third-order valence-electron chi connectivity index (χ3n) is 3.27. The summed E-state index contributed by atoms with van der Waals surface area (Å²) in [6.07, 6.45) is 1.04. The topological polar surface area (TPSA) is 55.0 Å². The predicted molar refractivity (Wildman–Crippen MR) is 63.9 cm³/mol. The van der Waals surface area contributed by atoms with Crippen LogP contribution in [0.4, 0.5) is 0 Å². The fourth-order valence-corrected chi connectivity index (χ4v) is 2.38. The van der Waals surface area contributed by atoms with Crippen LogP contribution in [0.1, 0.15) is 37.7 Å². The van der Waals surface area contributed by atoms with Crippen LogP contribution in [0.2, 0.25) is 0 Å². The highest BCUT2D eigenvalue weighted by molar-refractivity contribution is 5.14. The molecule has 1 aliphatic heterocycles. The fraction of sp³-hybridized carbons (Fsp3) is 0.667. The molecule has 1 aliphatic rings. The summed E-state index contributed by atoms with van der Waals surface area (Å²) in [5.74, 6) is 0. The van der Waals surface area contributed by atoms with Gasteiger partial charge in [0, 0.05) is 18.6 Å². The lowest BCUT2D eigenvalue weighted by Gasteiger charge is -2.29. The molecule has 1 aromatic rings. The van der Waals surface area contributed by atoms with E-state index in [1.807, 2.05) is 19.1 Å². The zero-order chi connectivity index (χ0) is 11.7. The molecule has 2 N–H and O–H groups in total. The van der Waals surface area contributed by atoms with Gasteiger partial charge in [-0.1, -0.05) is 0 Å². The molecule has 4 nitrogen and oxygen atoms in total. The summed E-state index contributed by atoms with van der Waals surface area (Å²) in [6.45, 7) is 7.41. The van der Waals surface area contributed by atoms with Crippen molar-refractivity contribution in [3.05, 3.63) is 23.5 Å². The second kappa shape index (κ2) is 4.47. The van der Waals surface area contributed by atoms with Crippen LogP contribution in [-0.4, -0.2) is 33.7 Å². The standard InChI is InChI=1S/C12H20N4/c1-8(2)16-7-6-10(13)12(16)11-5-4-9(3)14-15-11/h4-5,8,10,12H,6-7,13H2,1-3H3/t10-,12-/m1/s1. The molecule has 88 valence electrons. The van der Waals surface area contributed by atoms with Gasteiger partial charge in [-0.2, -0.15) is 10.2 Å². The first-order chi connectivity index (χ1) is 7.59. The van der Waals surface area contributed by atoms with E-state index in [0.29, 0.717) is 6.04 Å². The van der Waals surface area contributed by atoms with Gasteiger partial charge in [0.05, 0.1) is 17.4 Å². The minimum absolute atomic E-state index is 0.180. The van der Waals surface area contributed by atoms with Gasteiger partial charge in [0.15, 0.2) is 0 Å². The first kappa shape index (κ1) is 11.5. The minimum atomic E-state index is 0.180. The van der Waals surface area contributed by atoms with Crippen molar-refractivity contribution >= 4 is 0 Å². The lowest BCUT2D eigenvalue weighted by molar-refractivity contribution is 0.194. The Bertz CT molecular complexity index is 347. The van der Waals surface area contributed by atoms with Gasteiger partial charge in [-0.3, -0.25) is 4.90 Å². The van der Waals surface area contributed by atoms with Crippen molar-refractivity contribution in [2.24, 2.45) is 5.73 Å². The van der Waals surface area contributed by atoms with E-state index in [-0.39, 0.29) is 12.1 Å². The fourth-order valence-electron chi connectivity index (χ4n) is 2.38. The molecule has 2 atom stereocenters. The highest BCUT2D eigenvalue weighted by Crippen LogP contribution is 2.31. The maximum absolute atomic E-state index is 6.17. The Morgan fingerprint density at radius 2 is 2.12 bits per heavy atom. The van der Waals surface area contributed by atoms with Gasteiger partial charge in [-0.25, -0.2) is 0 Å². The smallest absolute Gasteiger partial charge is 0.0818 e. The van der Waals surface area contributed by atoms with Crippen LogP contribution in [0.5, 0.6) is 0 Å². The highest BCUT2D eigenvalue weighted by atomic mass is 15.2. The Morgan fingerprint density at radius 3 is 2.69 bits per heavy atom. The predicted octanol–water partition coefficient (Wildman–Crippen LogP) is 1.27. The molecule has 0 aliphatic carbocycles. The molecule has 0 radical (unpaired) electrons. The van der Waals surface area contributed by atoms with Gasteiger partial charge >= 0.3 is 0 Å². The summed E-state index contributed by atoms with van der Waals surface area (Å²) in [4.78, 5) is 2.41.